The van der Waals surface area contributed by atoms with Crippen LogP contribution in [0.3, 0.4) is 0 Å². The summed E-state index contributed by atoms with van der Waals surface area (Å²) in [4.78, 5) is 0. The Hall–Kier alpha value is -1.36. The lowest BCUT2D eigenvalue weighted by Gasteiger charge is -2.39. The van der Waals surface area contributed by atoms with Crippen molar-refractivity contribution in [2.75, 3.05) is 6.61 Å². The quantitative estimate of drug-likeness (QED) is 0.828. The summed E-state index contributed by atoms with van der Waals surface area (Å²) in [7, 11) is 0. The molecule has 0 atom stereocenters. The molecule has 0 aliphatic heterocycles. The van der Waals surface area contributed by atoms with Gasteiger partial charge in [0.15, 0.2) is 11.5 Å². The van der Waals surface area contributed by atoms with Crippen molar-refractivity contribution in [3.8, 4) is 11.5 Å². The Morgan fingerprint density at radius 2 is 2.05 bits per heavy atom. The Morgan fingerprint density at radius 3 is 2.60 bits per heavy atom. The second-order valence-electron chi connectivity index (χ2n) is 5.36. The molecule has 0 bridgehead atoms. The Kier molecular flexibility index (Phi) is 4.81. The van der Waals surface area contributed by atoms with Gasteiger partial charge in [0.05, 0.1) is 6.61 Å². The highest BCUT2D eigenvalue weighted by atomic mass is 19.3. The Bertz CT molecular complexity index is 447. The van der Waals surface area contributed by atoms with E-state index in [-0.39, 0.29) is 11.3 Å². The van der Waals surface area contributed by atoms with Crippen molar-refractivity contribution >= 4 is 0 Å². The third-order valence-corrected chi connectivity index (χ3v) is 3.70. The average molecular weight is 285 g/mol. The molecule has 0 amide bonds. The number of hydrogen-bond donors (Lipinski definition) is 1. The second-order valence-corrected chi connectivity index (χ2v) is 5.36. The number of ether oxygens (including phenoxy) is 2. The molecule has 0 unspecified atom stereocenters. The van der Waals surface area contributed by atoms with Gasteiger partial charge in [-0.1, -0.05) is 6.07 Å². The molecular formula is C15H21F2NO2. The number of rotatable bonds is 7. The summed E-state index contributed by atoms with van der Waals surface area (Å²) in [5, 5.41) is 3.50. The molecule has 1 aliphatic carbocycles. The molecule has 0 radical (unpaired) electrons. The van der Waals surface area contributed by atoms with E-state index >= 15 is 0 Å². The SMILES string of the molecule is CCOc1cc(CNC2(C)CCC2)ccc1OC(F)F. The first kappa shape index (κ1) is 15.0. The van der Waals surface area contributed by atoms with Crippen LogP contribution in [0.5, 0.6) is 11.5 Å². The van der Waals surface area contributed by atoms with E-state index in [0.717, 1.165) is 5.56 Å². The summed E-state index contributed by atoms with van der Waals surface area (Å²) in [5.41, 5.74) is 1.22. The van der Waals surface area contributed by atoms with Crippen LogP contribution in [0.4, 0.5) is 8.78 Å². The van der Waals surface area contributed by atoms with Crippen molar-refractivity contribution in [2.24, 2.45) is 0 Å². The van der Waals surface area contributed by atoms with Crippen LogP contribution in [-0.2, 0) is 6.54 Å². The van der Waals surface area contributed by atoms with Gasteiger partial charge in [-0.25, -0.2) is 0 Å². The molecule has 1 fully saturated rings. The van der Waals surface area contributed by atoms with Gasteiger partial charge in [0.1, 0.15) is 0 Å². The van der Waals surface area contributed by atoms with Crippen molar-refractivity contribution in [1.29, 1.82) is 0 Å². The van der Waals surface area contributed by atoms with Crippen molar-refractivity contribution in [3.63, 3.8) is 0 Å². The van der Waals surface area contributed by atoms with E-state index in [1.54, 1.807) is 12.1 Å². The van der Waals surface area contributed by atoms with Crippen LogP contribution in [0.15, 0.2) is 18.2 Å². The summed E-state index contributed by atoms with van der Waals surface area (Å²) >= 11 is 0. The van der Waals surface area contributed by atoms with E-state index in [1.807, 2.05) is 6.92 Å². The second kappa shape index (κ2) is 6.39. The topological polar surface area (TPSA) is 30.5 Å². The summed E-state index contributed by atoms with van der Waals surface area (Å²) in [6.45, 7) is 2.28. The predicted octanol–water partition coefficient (Wildman–Crippen LogP) is 3.72. The van der Waals surface area contributed by atoms with Gasteiger partial charge in [-0.3, -0.25) is 0 Å². The smallest absolute Gasteiger partial charge is 0.387 e. The zero-order valence-electron chi connectivity index (χ0n) is 11.9. The molecular weight excluding hydrogens is 264 g/mol. The van der Waals surface area contributed by atoms with Crippen molar-refractivity contribution in [1.82, 2.24) is 5.32 Å². The van der Waals surface area contributed by atoms with E-state index in [1.165, 1.54) is 25.3 Å². The lowest BCUT2D eigenvalue weighted by Crippen LogP contribution is -2.47. The number of alkyl halides is 2. The minimum Gasteiger partial charge on any atom is -0.490 e. The molecule has 2 rings (SSSR count). The van der Waals surface area contributed by atoms with Crippen LogP contribution in [0, 0.1) is 0 Å². The Balaban J connectivity index is 2.04. The van der Waals surface area contributed by atoms with Crippen molar-refractivity contribution in [2.45, 2.75) is 51.8 Å². The fraction of sp³-hybridized carbons (Fsp3) is 0.600. The van der Waals surface area contributed by atoms with Gasteiger partial charge in [-0.15, -0.1) is 0 Å². The fourth-order valence-corrected chi connectivity index (χ4v) is 2.32. The van der Waals surface area contributed by atoms with Crippen molar-refractivity contribution in [3.05, 3.63) is 23.8 Å². The van der Waals surface area contributed by atoms with Gasteiger partial charge in [-0.2, -0.15) is 8.78 Å². The normalized spacial score (nSPS) is 16.9. The monoisotopic (exact) mass is 285 g/mol. The van der Waals surface area contributed by atoms with Gasteiger partial charge < -0.3 is 14.8 Å². The third kappa shape index (κ3) is 3.82. The average Bonchev–Trinajstić information content (AvgIpc) is 2.36. The van der Waals surface area contributed by atoms with Crippen LogP contribution < -0.4 is 14.8 Å². The molecule has 1 N–H and O–H groups in total. The zero-order valence-corrected chi connectivity index (χ0v) is 11.9. The highest BCUT2D eigenvalue weighted by molar-refractivity contribution is 5.43. The fourth-order valence-electron chi connectivity index (χ4n) is 2.32. The Morgan fingerprint density at radius 1 is 1.30 bits per heavy atom. The first-order valence-electron chi connectivity index (χ1n) is 6.98. The molecule has 1 saturated carbocycles. The molecule has 112 valence electrons. The Labute approximate surface area is 118 Å². The first-order valence-corrected chi connectivity index (χ1v) is 6.98. The highest BCUT2D eigenvalue weighted by Gasteiger charge is 2.30. The van der Waals surface area contributed by atoms with E-state index in [9.17, 15) is 8.78 Å². The van der Waals surface area contributed by atoms with E-state index in [0.29, 0.717) is 18.9 Å². The molecule has 0 aromatic heterocycles. The minimum atomic E-state index is -2.84. The van der Waals surface area contributed by atoms with Crippen molar-refractivity contribution < 1.29 is 18.3 Å². The van der Waals surface area contributed by atoms with Gasteiger partial charge in [0, 0.05) is 12.1 Å². The largest absolute Gasteiger partial charge is 0.490 e. The lowest BCUT2D eigenvalue weighted by atomic mass is 9.78. The van der Waals surface area contributed by atoms with Crippen LogP contribution >= 0.6 is 0 Å². The van der Waals surface area contributed by atoms with Gasteiger partial charge in [-0.05, 0) is 50.8 Å². The minimum absolute atomic E-state index is 0.0838. The number of hydrogen-bond acceptors (Lipinski definition) is 3. The number of benzene rings is 1. The summed E-state index contributed by atoms with van der Waals surface area (Å²) in [6, 6.07) is 5.09. The van der Waals surface area contributed by atoms with Crippen LogP contribution in [-0.4, -0.2) is 18.8 Å². The summed E-state index contributed by atoms with van der Waals surface area (Å²) in [5.74, 6) is 0.450. The van der Waals surface area contributed by atoms with Gasteiger partial charge in [0.2, 0.25) is 0 Å². The summed E-state index contributed by atoms with van der Waals surface area (Å²) in [6.07, 6.45) is 3.62. The molecule has 5 heteroatoms. The molecule has 0 saturated heterocycles. The molecule has 1 aromatic rings. The lowest BCUT2D eigenvalue weighted by molar-refractivity contribution is -0.0514. The molecule has 1 aliphatic rings. The van der Waals surface area contributed by atoms with E-state index in [4.69, 9.17) is 4.74 Å². The molecule has 20 heavy (non-hydrogen) atoms. The molecule has 1 aromatic carbocycles. The molecule has 0 spiro atoms. The van der Waals surface area contributed by atoms with Gasteiger partial charge in [0.25, 0.3) is 0 Å². The highest BCUT2D eigenvalue weighted by Crippen LogP contribution is 2.33. The standard InChI is InChI=1S/C15H21F2NO2/c1-3-19-13-9-11(5-6-12(13)20-14(16)17)10-18-15(2)7-4-8-15/h5-6,9,14,18H,3-4,7-8,10H2,1-2H3. The maximum Gasteiger partial charge on any atom is 0.387 e. The van der Waals surface area contributed by atoms with Crippen LogP contribution in [0.25, 0.3) is 0 Å². The molecule has 3 nitrogen and oxygen atoms in total. The van der Waals surface area contributed by atoms with Crippen LogP contribution in [0.2, 0.25) is 0 Å². The van der Waals surface area contributed by atoms with Gasteiger partial charge >= 0.3 is 6.61 Å². The first-order chi connectivity index (χ1) is 9.52. The molecule has 0 heterocycles. The number of halogens is 2. The maximum atomic E-state index is 12.3. The van der Waals surface area contributed by atoms with E-state index < -0.39 is 6.61 Å². The third-order valence-electron chi connectivity index (χ3n) is 3.70. The maximum absolute atomic E-state index is 12.3. The summed E-state index contributed by atoms with van der Waals surface area (Å²) < 4.78 is 34.4. The van der Waals surface area contributed by atoms with E-state index in [2.05, 4.69) is 17.0 Å². The number of nitrogens with one attached hydrogen (secondary N) is 1. The van der Waals surface area contributed by atoms with Crippen LogP contribution in [0.1, 0.15) is 38.7 Å². The zero-order chi connectivity index (χ0) is 14.6. The predicted molar refractivity (Wildman–Crippen MR) is 73.3 cm³/mol.